The van der Waals surface area contributed by atoms with Crippen LogP contribution in [0.2, 0.25) is 0 Å². The highest BCUT2D eigenvalue weighted by Gasteiger charge is 2.67. The van der Waals surface area contributed by atoms with E-state index in [0.29, 0.717) is 10.1 Å². The van der Waals surface area contributed by atoms with Gasteiger partial charge >= 0.3 is 11.6 Å². The fourth-order valence-electron chi connectivity index (χ4n) is 2.83. The van der Waals surface area contributed by atoms with Crippen molar-refractivity contribution >= 4 is 5.82 Å². The molecule has 1 fully saturated rings. The average Bonchev–Trinajstić information content (AvgIpc) is 2.78. The first-order valence-corrected chi connectivity index (χ1v) is 7.49. The zero-order valence-corrected chi connectivity index (χ0v) is 13.2. The van der Waals surface area contributed by atoms with Crippen LogP contribution >= 0.6 is 0 Å². The van der Waals surface area contributed by atoms with E-state index in [0.717, 1.165) is 12.3 Å². The maximum absolute atomic E-state index is 14.7. The summed E-state index contributed by atoms with van der Waals surface area (Å²) >= 11 is 0. The number of hydrogen-bond acceptors (Lipinski definition) is 6. The lowest BCUT2D eigenvalue weighted by Crippen LogP contribution is -2.46. The smallest absolute Gasteiger partial charge is 0.351 e. The van der Waals surface area contributed by atoms with Crippen LogP contribution in [0.3, 0.4) is 0 Å². The molecule has 0 amide bonds. The number of aliphatic hydroxyl groups is 1. The fraction of sp³-hybridized carbons (Fsp3) is 0.333. The third-order valence-electron chi connectivity index (χ3n) is 4.06. The molecule has 3 N–H and O–H groups in total. The van der Waals surface area contributed by atoms with E-state index in [4.69, 9.17) is 16.0 Å². The van der Waals surface area contributed by atoms with Gasteiger partial charge in [0.2, 0.25) is 6.23 Å². The van der Waals surface area contributed by atoms with Crippen LogP contribution in [0.4, 0.5) is 14.6 Å². The summed E-state index contributed by atoms with van der Waals surface area (Å²) in [7, 11) is 0. The zero-order valence-electron chi connectivity index (χ0n) is 13.2. The molecule has 2 heterocycles. The third-order valence-corrected chi connectivity index (χ3v) is 4.06. The SMILES string of the molecule is [N-]=[N+]=N[C@@]1(Cc2ccccc2)O[C@@H](n2ccc(N)nc2=O)C(F)(F)[C@@H]1O. The lowest BCUT2D eigenvalue weighted by atomic mass is 9.96. The molecule has 0 aliphatic carbocycles. The molecule has 2 aromatic rings. The molecule has 0 spiro atoms. The highest BCUT2D eigenvalue weighted by molar-refractivity contribution is 5.24. The molecular formula is C15H14F2N6O3. The molecule has 1 aliphatic rings. The Hall–Kier alpha value is -3.01. The maximum Gasteiger partial charge on any atom is 0.351 e. The molecular weight excluding hydrogens is 350 g/mol. The molecule has 1 saturated heterocycles. The number of nitrogens with zero attached hydrogens (tertiary/aromatic N) is 5. The van der Waals surface area contributed by atoms with E-state index in [1.54, 1.807) is 30.3 Å². The molecule has 1 aliphatic heterocycles. The lowest BCUT2D eigenvalue weighted by Gasteiger charge is -2.26. The molecule has 0 saturated carbocycles. The van der Waals surface area contributed by atoms with Crippen molar-refractivity contribution < 1.29 is 18.6 Å². The monoisotopic (exact) mass is 364 g/mol. The molecule has 0 bridgehead atoms. The average molecular weight is 364 g/mol. The quantitative estimate of drug-likeness (QED) is 0.482. The van der Waals surface area contributed by atoms with Crippen LogP contribution in [0.5, 0.6) is 0 Å². The molecule has 9 nitrogen and oxygen atoms in total. The number of nitrogens with two attached hydrogens (primary N) is 1. The Balaban J connectivity index is 2.07. The van der Waals surface area contributed by atoms with Gasteiger partial charge in [-0.2, -0.15) is 13.8 Å². The van der Waals surface area contributed by atoms with Crippen molar-refractivity contribution in [2.75, 3.05) is 5.73 Å². The minimum Gasteiger partial charge on any atom is -0.383 e. The highest BCUT2D eigenvalue weighted by Crippen LogP contribution is 2.49. The molecule has 3 atom stereocenters. The lowest BCUT2D eigenvalue weighted by molar-refractivity contribution is -0.142. The predicted octanol–water partition coefficient (Wildman–Crippen LogP) is 1.60. The van der Waals surface area contributed by atoms with E-state index in [-0.39, 0.29) is 12.2 Å². The summed E-state index contributed by atoms with van der Waals surface area (Å²) in [6.45, 7) is 0. The Morgan fingerprint density at radius 3 is 2.69 bits per heavy atom. The zero-order chi connectivity index (χ0) is 18.9. The predicted molar refractivity (Wildman–Crippen MR) is 86.0 cm³/mol. The number of hydrogen-bond donors (Lipinski definition) is 2. The number of anilines is 1. The fourth-order valence-corrected chi connectivity index (χ4v) is 2.83. The number of nitrogen functional groups attached to an aromatic ring is 1. The molecule has 0 unspecified atom stereocenters. The van der Waals surface area contributed by atoms with Crippen molar-refractivity contribution in [3.05, 3.63) is 69.1 Å². The number of halogens is 2. The Kier molecular flexibility index (Phi) is 4.36. The van der Waals surface area contributed by atoms with Gasteiger partial charge in [-0.1, -0.05) is 35.4 Å². The number of rotatable bonds is 4. The Labute approximate surface area is 145 Å². The van der Waals surface area contributed by atoms with E-state index in [1.165, 1.54) is 0 Å². The van der Waals surface area contributed by atoms with E-state index in [9.17, 15) is 18.7 Å². The van der Waals surface area contributed by atoms with Gasteiger partial charge < -0.3 is 15.6 Å². The second-order valence-corrected chi connectivity index (χ2v) is 5.79. The topological polar surface area (TPSA) is 139 Å². The summed E-state index contributed by atoms with van der Waals surface area (Å²) in [6, 6.07) is 9.37. The first-order chi connectivity index (χ1) is 12.3. The number of azide groups is 1. The number of benzene rings is 1. The summed E-state index contributed by atoms with van der Waals surface area (Å²) < 4.78 is 35.2. The van der Waals surface area contributed by atoms with Crippen molar-refractivity contribution in [1.29, 1.82) is 0 Å². The van der Waals surface area contributed by atoms with Gasteiger partial charge in [0.1, 0.15) is 5.82 Å². The summed E-state index contributed by atoms with van der Waals surface area (Å²) in [5.74, 6) is -4.08. The number of alkyl halides is 2. The van der Waals surface area contributed by atoms with Crippen molar-refractivity contribution in [2.24, 2.45) is 5.11 Å². The van der Waals surface area contributed by atoms with Crippen LogP contribution < -0.4 is 11.4 Å². The normalized spacial score (nSPS) is 27.0. The second kappa shape index (κ2) is 6.37. The van der Waals surface area contributed by atoms with E-state index < -0.39 is 29.7 Å². The number of aliphatic hydroxyl groups excluding tert-OH is 1. The van der Waals surface area contributed by atoms with Crippen LogP contribution in [-0.2, 0) is 11.2 Å². The van der Waals surface area contributed by atoms with E-state index >= 15 is 0 Å². The molecule has 26 heavy (non-hydrogen) atoms. The Bertz CT molecular complexity index is 915. The summed E-state index contributed by atoms with van der Waals surface area (Å²) in [5, 5.41) is 13.6. The summed E-state index contributed by atoms with van der Waals surface area (Å²) in [4.78, 5) is 17.8. The van der Waals surface area contributed by atoms with E-state index in [2.05, 4.69) is 15.0 Å². The van der Waals surface area contributed by atoms with Gasteiger partial charge in [0.05, 0.1) is 0 Å². The maximum atomic E-state index is 14.7. The summed E-state index contributed by atoms with van der Waals surface area (Å²) in [6.07, 6.45) is -4.04. The molecule has 136 valence electrons. The summed E-state index contributed by atoms with van der Waals surface area (Å²) in [5.41, 5.74) is 11.3. The third kappa shape index (κ3) is 2.88. The van der Waals surface area contributed by atoms with Crippen molar-refractivity contribution in [2.45, 2.75) is 30.4 Å². The van der Waals surface area contributed by atoms with Crippen molar-refractivity contribution in [3.63, 3.8) is 0 Å². The Morgan fingerprint density at radius 2 is 2.08 bits per heavy atom. The van der Waals surface area contributed by atoms with Crippen molar-refractivity contribution in [3.8, 4) is 0 Å². The molecule has 0 radical (unpaired) electrons. The van der Waals surface area contributed by atoms with Gasteiger partial charge in [0.25, 0.3) is 0 Å². The molecule has 3 rings (SSSR count). The van der Waals surface area contributed by atoms with Crippen LogP contribution in [0.15, 0.2) is 52.5 Å². The van der Waals surface area contributed by atoms with Crippen LogP contribution in [0.1, 0.15) is 11.8 Å². The van der Waals surface area contributed by atoms with Crippen LogP contribution in [0, 0.1) is 0 Å². The standard InChI is InChI=1S/C15H14F2N6O3/c16-15(17)11(24)14(21-22-19,8-9-4-2-1-3-5-9)26-12(15)23-7-6-10(18)20-13(23)25/h1-7,11-12,24H,8H2,(H2,18,20,25)/t11-,12-,14+/m1/s1. The van der Waals surface area contributed by atoms with Crippen LogP contribution in [-0.4, -0.2) is 32.4 Å². The second-order valence-electron chi connectivity index (χ2n) is 5.79. The highest BCUT2D eigenvalue weighted by atomic mass is 19.3. The molecule has 1 aromatic carbocycles. The van der Waals surface area contributed by atoms with Gasteiger partial charge in [-0.15, -0.1) is 0 Å². The van der Waals surface area contributed by atoms with Crippen molar-refractivity contribution in [1.82, 2.24) is 9.55 Å². The minimum atomic E-state index is -3.93. The van der Waals surface area contributed by atoms with Gasteiger partial charge in [-0.3, -0.25) is 4.57 Å². The first kappa shape index (κ1) is 17.8. The van der Waals surface area contributed by atoms with Gasteiger partial charge in [-0.25, -0.2) is 4.79 Å². The number of aromatic nitrogens is 2. The minimum absolute atomic E-state index is 0.154. The molecule has 1 aromatic heterocycles. The van der Waals surface area contributed by atoms with Gasteiger partial charge in [0.15, 0.2) is 11.8 Å². The molecule has 11 heteroatoms. The first-order valence-electron chi connectivity index (χ1n) is 7.49. The Morgan fingerprint density at radius 1 is 1.38 bits per heavy atom. The van der Waals surface area contributed by atoms with Crippen LogP contribution in [0.25, 0.3) is 10.4 Å². The van der Waals surface area contributed by atoms with E-state index in [1.807, 2.05) is 0 Å². The largest absolute Gasteiger partial charge is 0.383 e. The van der Waals surface area contributed by atoms with Gasteiger partial charge in [0, 0.05) is 17.5 Å². The van der Waals surface area contributed by atoms with Gasteiger partial charge in [-0.05, 0) is 17.2 Å². The number of ether oxygens (including phenoxy) is 1.